The number of nitrogens with one attached hydrogen (secondary N) is 1. The summed E-state index contributed by atoms with van der Waals surface area (Å²) in [7, 11) is 0. The smallest absolute Gasteiger partial charge is 0.237 e. The lowest BCUT2D eigenvalue weighted by molar-refractivity contribution is -0.123. The van der Waals surface area contributed by atoms with Gasteiger partial charge in [-0.2, -0.15) is 0 Å². The van der Waals surface area contributed by atoms with E-state index in [2.05, 4.69) is 5.32 Å². The number of amides is 1. The summed E-state index contributed by atoms with van der Waals surface area (Å²) in [6.07, 6.45) is 4.36. The molecule has 3 N–H and O–H groups in total. The Hall–Kier alpha value is -0.610. The van der Waals surface area contributed by atoms with Crippen molar-refractivity contribution in [1.29, 1.82) is 0 Å². The van der Waals surface area contributed by atoms with Crippen molar-refractivity contribution in [1.82, 2.24) is 5.32 Å². The quantitative estimate of drug-likeness (QED) is 0.709. The Labute approximate surface area is 90.5 Å². The predicted molar refractivity (Wildman–Crippen MR) is 57.3 cm³/mol. The average Bonchev–Trinajstić information content (AvgIpc) is 2.99. The van der Waals surface area contributed by atoms with Crippen LogP contribution in [0.4, 0.5) is 0 Å². The van der Waals surface area contributed by atoms with Gasteiger partial charge in [0.05, 0.1) is 18.2 Å². The van der Waals surface area contributed by atoms with Crippen molar-refractivity contribution in [3.8, 4) is 0 Å². The van der Waals surface area contributed by atoms with Gasteiger partial charge >= 0.3 is 0 Å². The van der Waals surface area contributed by atoms with Gasteiger partial charge in [0.15, 0.2) is 0 Å². The molecule has 0 bridgehead atoms. The van der Waals surface area contributed by atoms with Gasteiger partial charge < -0.3 is 15.8 Å². The molecular formula is C11H20N2O2. The van der Waals surface area contributed by atoms with Gasteiger partial charge in [0.2, 0.25) is 5.91 Å². The molecule has 0 spiro atoms. The third-order valence-electron chi connectivity index (χ3n) is 3.33. The van der Waals surface area contributed by atoms with Crippen molar-refractivity contribution in [3.63, 3.8) is 0 Å². The summed E-state index contributed by atoms with van der Waals surface area (Å²) >= 11 is 0. The number of nitrogens with two attached hydrogens (primary N) is 1. The number of hydrogen-bond donors (Lipinski definition) is 2. The maximum atomic E-state index is 11.6. The molecule has 4 nitrogen and oxygen atoms in total. The summed E-state index contributed by atoms with van der Waals surface area (Å²) in [5.74, 6) is 0.648. The van der Waals surface area contributed by atoms with Crippen molar-refractivity contribution in [2.45, 2.75) is 50.8 Å². The number of carbonyl (C=O) groups is 1. The van der Waals surface area contributed by atoms with E-state index >= 15 is 0 Å². The fraction of sp³-hybridized carbons (Fsp3) is 0.909. The zero-order valence-electron chi connectivity index (χ0n) is 9.24. The molecule has 2 unspecified atom stereocenters. The van der Waals surface area contributed by atoms with E-state index in [0.717, 1.165) is 13.0 Å². The van der Waals surface area contributed by atoms with Crippen LogP contribution in [-0.4, -0.2) is 30.7 Å². The predicted octanol–water partition coefficient (Wildman–Crippen LogP) is 0.407. The first-order valence-electron chi connectivity index (χ1n) is 5.90. The van der Waals surface area contributed by atoms with Crippen molar-refractivity contribution in [2.24, 2.45) is 11.7 Å². The molecule has 2 fully saturated rings. The molecule has 1 saturated carbocycles. The normalized spacial score (nSPS) is 32.7. The minimum absolute atomic E-state index is 0.0290. The van der Waals surface area contributed by atoms with Crippen molar-refractivity contribution >= 4 is 5.91 Å². The Balaban J connectivity index is 1.84. The van der Waals surface area contributed by atoms with Gasteiger partial charge in [0.25, 0.3) is 0 Å². The van der Waals surface area contributed by atoms with E-state index in [1.165, 1.54) is 12.8 Å². The van der Waals surface area contributed by atoms with Crippen molar-refractivity contribution in [3.05, 3.63) is 0 Å². The first-order valence-corrected chi connectivity index (χ1v) is 5.90. The number of carbonyl (C=O) groups excluding carboxylic acids is 1. The topological polar surface area (TPSA) is 64.4 Å². The molecule has 4 heteroatoms. The van der Waals surface area contributed by atoms with E-state index < -0.39 is 0 Å². The summed E-state index contributed by atoms with van der Waals surface area (Å²) < 4.78 is 5.65. The van der Waals surface area contributed by atoms with Crippen LogP contribution in [0.5, 0.6) is 0 Å². The first-order chi connectivity index (χ1) is 7.22. The Bertz CT molecular complexity index is 241. The van der Waals surface area contributed by atoms with Crippen LogP contribution in [0.3, 0.4) is 0 Å². The van der Waals surface area contributed by atoms with E-state index in [1.54, 1.807) is 0 Å². The van der Waals surface area contributed by atoms with Gasteiger partial charge in [-0.15, -0.1) is 0 Å². The van der Waals surface area contributed by atoms with Gasteiger partial charge in [0, 0.05) is 6.61 Å². The minimum Gasteiger partial charge on any atom is -0.376 e. The first kappa shape index (κ1) is 10.9. The average molecular weight is 212 g/mol. The summed E-state index contributed by atoms with van der Waals surface area (Å²) in [4.78, 5) is 11.6. The molecule has 0 aromatic rings. The van der Waals surface area contributed by atoms with Crippen LogP contribution >= 0.6 is 0 Å². The van der Waals surface area contributed by atoms with Gasteiger partial charge in [-0.1, -0.05) is 6.92 Å². The molecule has 0 aromatic heterocycles. The highest BCUT2D eigenvalue weighted by atomic mass is 16.5. The van der Waals surface area contributed by atoms with Crippen molar-refractivity contribution in [2.75, 3.05) is 6.61 Å². The molecule has 3 atom stereocenters. The third kappa shape index (κ3) is 2.49. The lowest BCUT2D eigenvalue weighted by atomic mass is 10.1. The molecule has 15 heavy (non-hydrogen) atoms. The van der Waals surface area contributed by atoms with Gasteiger partial charge in [-0.05, 0) is 31.6 Å². The molecule has 1 amide bonds. The summed E-state index contributed by atoms with van der Waals surface area (Å²) in [6, 6.07) is -0.173. The largest absolute Gasteiger partial charge is 0.376 e. The Morgan fingerprint density at radius 2 is 2.27 bits per heavy atom. The summed E-state index contributed by atoms with van der Waals surface area (Å²) in [5, 5.41) is 3.01. The number of hydrogen-bond acceptors (Lipinski definition) is 3. The second-order valence-electron chi connectivity index (χ2n) is 4.59. The fourth-order valence-corrected chi connectivity index (χ4v) is 2.13. The van der Waals surface area contributed by atoms with E-state index in [1.807, 2.05) is 6.92 Å². The molecule has 86 valence electrons. The Kier molecular flexibility index (Phi) is 3.26. The third-order valence-corrected chi connectivity index (χ3v) is 3.33. The fourth-order valence-electron chi connectivity index (χ4n) is 2.13. The van der Waals surface area contributed by atoms with Gasteiger partial charge in [-0.3, -0.25) is 4.79 Å². The highest BCUT2D eigenvalue weighted by Gasteiger charge is 2.41. The standard InChI is InChI=1S/C11H20N2O2/c1-2-8(12)11(14)13-9-5-6-15-10(9)7-3-4-7/h7-10H,2-6,12H2,1H3,(H,13,14)/t8-,9?,10?/m1/s1. The van der Waals surface area contributed by atoms with Crippen LogP contribution in [0.2, 0.25) is 0 Å². The monoisotopic (exact) mass is 212 g/mol. The zero-order chi connectivity index (χ0) is 10.8. The van der Waals surface area contributed by atoms with Gasteiger partial charge in [-0.25, -0.2) is 0 Å². The summed E-state index contributed by atoms with van der Waals surface area (Å²) in [6.45, 7) is 2.70. The van der Waals surface area contributed by atoms with Crippen molar-refractivity contribution < 1.29 is 9.53 Å². The maximum absolute atomic E-state index is 11.6. The van der Waals surface area contributed by atoms with Crippen LogP contribution in [0.15, 0.2) is 0 Å². The van der Waals surface area contributed by atoms with Gasteiger partial charge in [0.1, 0.15) is 0 Å². The molecule has 1 aliphatic heterocycles. The second kappa shape index (κ2) is 4.49. The number of ether oxygens (including phenoxy) is 1. The van der Waals surface area contributed by atoms with Crippen LogP contribution in [-0.2, 0) is 9.53 Å². The second-order valence-corrected chi connectivity index (χ2v) is 4.59. The zero-order valence-corrected chi connectivity index (χ0v) is 9.24. The van der Waals surface area contributed by atoms with Crippen LogP contribution in [0, 0.1) is 5.92 Å². The van der Waals surface area contributed by atoms with Crippen LogP contribution < -0.4 is 11.1 Å². The van der Waals surface area contributed by atoms with E-state index in [9.17, 15) is 4.79 Å². The van der Waals surface area contributed by atoms with E-state index in [-0.39, 0.29) is 24.1 Å². The molecular weight excluding hydrogens is 192 g/mol. The highest BCUT2D eigenvalue weighted by molar-refractivity contribution is 5.81. The summed E-state index contributed by atoms with van der Waals surface area (Å²) in [5.41, 5.74) is 5.68. The lowest BCUT2D eigenvalue weighted by Crippen LogP contribution is -2.48. The molecule has 1 aliphatic carbocycles. The lowest BCUT2D eigenvalue weighted by Gasteiger charge is -2.21. The highest BCUT2D eigenvalue weighted by Crippen LogP contribution is 2.38. The van der Waals surface area contributed by atoms with E-state index in [4.69, 9.17) is 10.5 Å². The Morgan fingerprint density at radius 1 is 1.53 bits per heavy atom. The molecule has 1 saturated heterocycles. The Morgan fingerprint density at radius 3 is 2.87 bits per heavy atom. The molecule has 1 heterocycles. The van der Waals surface area contributed by atoms with E-state index in [0.29, 0.717) is 12.3 Å². The molecule has 0 radical (unpaired) electrons. The molecule has 2 aliphatic rings. The SMILES string of the molecule is CC[C@@H](N)C(=O)NC1CCOC1C1CC1. The molecule has 0 aromatic carbocycles. The van der Waals surface area contributed by atoms with Crippen LogP contribution in [0.1, 0.15) is 32.6 Å². The van der Waals surface area contributed by atoms with Crippen LogP contribution in [0.25, 0.3) is 0 Å². The maximum Gasteiger partial charge on any atom is 0.237 e. The number of rotatable bonds is 4. The molecule has 2 rings (SSSR count). The minimum atomic E-state index is -0.370.